The Bertz CT molecular complexity index is 629. The maximum atomic E-state index is 5.99. The van der Waals surface area contributed by atoms with E-state index in [0.29, 0.717) is 18.5 Å². The molecule has 156 valence electrons. The molecule has 0 saturated carbocycles. The topological polar surface area (TPSA) is 49.3 Å². The first-order valence-corrected chi connectivity index (χ1v) is 10.7. The number of aliphatic imine (C=N–C) groups is 1. The molecule has 0 spiro atoms. The highest BCUT2D eigenvalue weighted by molar-refractivity contribution is 5.80. The molecule has 1 atom stereocenters. The number of hydrogen-bond donors (Lipinski definition) is 1. The maximum absolute atomic E-state index is 5.99. The molecule has 2 heterocycles. The SMILES string of the molecule is CCNC(=NCc1ccccc1OCC(C)C)N1CCC(N2CCOCC2)C1. The second-order valence-corrected chi connectivity index (χ2v) is 8.02. The highest BCUT2D eigenvalue weighted by Crippen LogP contribution is 2.21. The molecule has 2 aliphatic heterocycles. The summed E-state index contributed by atoms with van der Waals surface area (Å²) < 4.78 is 11.5. The minimum Gasteiger partial charge on any atom is -0.493 e. The van der Waals surface area contributed by atoms with Gasteiger partial charge in [0.2, 0.25) is 0 Å². The van der Waals surface area contributed by atoms with Gasteiger partial charge in [-0.2, -0.15) is 0 Å². The highest BCUT2D eigenvalue weighted by atomic mass is 16.5. The monoisotopic (exact) mass is 388 g/mol. The fourth-order valence-corrected chi connectivity index (χ4v) is 3.79. The molecule has 1 N–H and O–H groups in total. The van der Waals surface area contributed by atoms with Crippen LogP contribution in [0.4, 0.5) is 0 Å². The van der Waals surface area contributed by atoms with Gasteiger partial charge in [-0.3, -0.25) is 4.90 Å². The number of guanidine groups is 1. The average molecular weight is 389 g/mol. The molecule has 28 heavy (non-hydrogen) atoms. The van der Waals surface area contributed by atoms with Crippen molar-refractivity contribution >= 4 is 5.96 Å². The second kappa shape index (κ2) is 10.7. The molecule has 1 aromatic carbocycles. The molecule has 3 rings (SSSR count). The molecule has 0 bridgehead atoms. The van der Waals surface area contributed by atoms with Crippen LogP contribution in [0.1, 0.15) is 32.8 Å². The van der Waals surface area contributed by atoms with Gasteiger partial charge in [-0.1, -0.05) is 32.0 Å². The van der Waals surface area contributed by atoms with Crippen LogP contribution in [0.2, 0.25) is 0 Å². The molecule has 2 fully saturated rings. The van der Waals surface area contributed by atoms with Gasteiger partial charge in [0, 0.05) is 44.3 Å². The quantitative estimate of drug-likeness (QED) is 0.575. The molecule has 0 amide bonds. The van der Waals surface area contributed by atoms with E-state index in [0.717, 1.165) is 69.8 Å². The van der Waals surface area contributed by atoms with Gasteiger partial charge in [0.05, 0.1) is 26.4 Å². The van der Waals surface area contributed by atoms with Crippen LogP contribution in [0.15, 0.2) is 29.3 Å². The molecular formula is C22H36N4O2. The van der Waals surface area contributed by atoms with Gasteiger partial charge < -0.3 is 19.7 Å². The normalized spacial score (nSPS) is 21.4. The van der Waals surface area contributed by atoms with Gasteiger partial charge in [-0.25, -0.2) is 4.99 Å². The number of hydrogen-bond acceptors (Lipinski definition) is 4. The van der Waals surface area contributed by atoms with Crippen molar-refractivity contribution in [1.82, 2.24) is 15.1 Å². The molecule has 0 radical (unpaired) electrons. The number of likely N-dealkylation sites (tertiary alicyclic amines) is 1. The summed E-state index contributed by atoms with van der Waals surface area (Å²) >= 11 is 0. The van der Waals surface area contributed by atoms with E-state index in [1.807, 2.05) is 12.1 Å². The van der Waals surface area contributed by atoms with Crippen molar-refractivity contribution in [3.63, 3.8) is 0 Å². The van der Waals surface area contributed by atoms with E-state index in [1.165, 1.54) is 6.42 Å². The van der Waals surface area contributed by atoms with Crippen LogP contribution < -0.4 is 10.1 Å². The summed E-state index contributed by atoms with van der Waals surface area (Å²) in [4.78, 5) is 9.92. The zero-order valence-corrected chi connectivity index (χ0v) is 17.7. The average Bonchev–Trinajstić information content (AvgIpc) is 3.21. The van der Waals surface area contributed by atoms with E-state index in [2.05, 4.69) is 48.0 Å². The van der Waals surface area contributed by atoms with Crippen molar-refractivity contribution in [2.45, 2.75) is 39.8 Å². The minimum absolute atomic E-state index is 0.510. The summed E-state index contributed by atoms with van der Waals surface area (Å²) in [7, 11) is 0. The van der Waals surface area contributed by atoms with Crippen LogP contribution in [0.25, 0.3) is 0 Å². The standard InChI is InChI=1S/C22H36N4O2/c1-4-23-22(26-10-9-20(16-26)25-11-13-27-14-12-25)24-15-19-7-5-6-8-21(19)28-17-18(2)3/h5-8,18,20H,4,9-17H2,1-3H3,(H,23,24). The lowest BCUT2D eigenvalue weighted by atomic mass is 10.2. The Balaban J connectivity index is 1.63. The molecule has 1 unspecified atom stereocenters. The van der Waals surface area contributed by atoms with Crippen LogP contribution in [-0.2, 0) is 11.3 Å². The molecule has 0 aliphatic carbocycles. The zero-order chi connectivity index (χ0) is 19.8. The number of rotatable bonds is 7. The van der Waals surface area contributed by atoms with Crippen molar-refractivity contribution in [3.05, 3.63) is 29.8 Å². The van der Waals surface area contributed by atoms with Gasteiger partial charge in [0.25, 0.3) is 0 Å². The van der Waals surface area contributed by atoms with Crippen molar-refractivity contribution in [1.29, 1.82) is 0 Å². The maximum Gasteiger partial charge on any atom is 0.194 e. The molecule has 2 saturated heterocycles. The summed E-state index contributed by atoms with van der Waals surface area (Å²) in [6.45, 7) is 14.6. The molecular weight excluding hydrogens is 352 g/mol. The highest BCUT2D eigenvalue weighted by Gasteiger charge is 2.30. The summed E-state index contributed by atoms with van der Waals surface area (Å²) in [6, 6.07) is 8.86. The van der Waals surface area contributed by atoms with Gasteiger partial charge >= 0.3 is 0 Å². The fraction of sp³-hybridized carbons (Fsp3) is 0.682. The number of nitrogens with zero attached hydrogens (tertiary/aromatic N) is 3. The van der Waals surface area contributed by atoms with Crippen LogP contribution in [0.5, 0.6) is 5.75 Å². The predicted molar refractivity (Wildman–Crippen MR) is 114 cm³/mol. The summed E-state index contributed by atoms with van der Waals surface area (Å²) in [5, 5.41) is 3.48. The summed E-state index contributed by atoms with van der Waals surface area (Å²) in [5.74, 6) is 2.47. The Morgan fingerprint density at radius 1 is 1.25 bits per heavy atom. The molecule has 6 heteroatoms. The Labute approximate surface area is 169 Å². The van der Waals surface area contributed by atoms with E-state index in [9.17, 15) is 0 Å². The van der Waals surface area contributed by atoms with Gasteiger partial charge in [0.1, 0.15) is 5.75 Å². The number of benzene rings is 1. The van der Waals surface area contributed by atoms with Crippen molar-refractivity contribution in [2.75, 3.05) is 52.5 Å². The van der Waals surface area contributed by atoms with Crippen LogP contribution in [0, 0.1) is 5.92 Å². The third-order valence-electron chi connectivity index (χ3n) is 5.30. The summed E-state index contributed by atoms with van der Waals surface area (Å²) in [5.41, 5.74) is 1.14. The molecule has 2 aliphatic rings. The molecule has 6 nitrogen and oxygen atoms in total. The Kier molecular flexibility index (Phi) is 7.98. The molecule has 1 aromatic rings. The largest absolute Gasteiger partial charge is 0.493 e. The lowest BCUT2D eigenvalue weighted by Crippen LogP contribution is -2.46. The number of morpholine rings is 1. The first kappa shape index (κ1) is 20.9. The Morgan fingerprint density at radius 3 is 2.79 bits per heavy atom. The van der Waals surface area contributed by atoms with Crippen molar-refractivity contribution < 1.29 is 9.47 Å². The smallest absolute Gasteiger partial charge is 0.194 e. The zero-order valence-electron chi connectivity index (χ0n) is 17.7. The third kappa shape index (κ3) is 5.85. The van der Waals surface area contributed by atoms with Crippen LogP contribution in [-0.4, -0.2) is 74.3 Å². The summed E-state index contributed by atoms with van der Waals surface area (Å²) in [6.07, 6.45) is 1.19. The Morgan fingerprint density at radius 2 is 2.04 bits per heavy atom. The molecule has 0 aromatic heterocycles. The predicted octanol–water partition coefficient (Wildman–Crippen LogP) is 2.59. The number of ether oxygens (including phenoxy) is 2. The van der Waals surface area contributed by atoms with Crippen molar-refractivity contribution in [3.8, 4) is 5.75 Å². The van der Waals surface area contributed by atoms with Gasteiger partial charge in [-0.05, 0) is 25.3 Å². The number of para-hydroxylation sites is 1. The van der Waals surface area contributed by atoms with Crippen LogP contribution in [0.3, 0.4) is 0 Å². The first-order valence-electron chi connectivity index (χ1n) is 10.7. The number of nitrogens with one attached hydrogen (secondary N) is 1. The lowest BCUT2D eigenvalue weighted by Gasteiger charge is -2.32. The van der Waals surface area contributed by atoms with E-state index in [4.69, 9.17) is 14.5 Å². The first-order chi connectivity index (χ1) is 13.7. The Hall–Kier alpha value is -1.79. The van der Waals surface area contributed by atoms with E-state index < -0.39 is 0 Å². The third-order valence-corrected chi connectivity index (χ3v) is 5.30. The van der Waals surface area contributed by atoms with Crippen molar-refractivity contribution in [2.24, 2.45) is 10.9 Å². The minimum atomic E-state index is 0.510. The van der Waals surface area contributed by atoms with E-state index in [-0.39, 0.29) is 0 Å². The van der Waals surface area contributed by atoms with Crippen LogP contribution >= 0.6 is 0 Å². The van der Waals surface area contributed by atoms with E-state index in [1.54, 1.807) is 0 Å². The second-order valence-electron chi connectivity index (χ2n) is 8.02. The van der Waals surface area contributed by atoms with Gasteiger partial charge in [-0.15, -0.1) is 0 Å². The van der Waals surface area contributed by atoms with E-state index >= 15 is 0 Å². The lowest BCUT2D eigenvalue weighted by molar-refractivity contribution is 0.0195. The fourth-order valence-electron chi connectivity index (χ4n) is 3.79. The van der Waals surface area contributed by atoms with Gasteiger partial charge in [0.15, 0.2) is 5.96 Å².